The Morgan fingerprint density at radius 1 is 1.30 bits per heavy atom. The van der Waals surface area contributed by atoms with E-state index in [2.05, 4.69) is 6.07 Å². The van der Waals surface area contributed by atoms with Crippen LogP contribution in [0, 0.1) is 11.3 Å². The summed E-state index contributed by atoms with van der Waals surface area (Å²) in [6.45, 7) is 3.67. The summed E-state index contributed by atoms with van der Waals surface area (Å²) in [5, 5.41) is 9.25. The molecule has 1 aliphatic rings. The largest absolute Gasteiger partial charge is 0.454 e. The molecular formula is C16H17N3O4. The molecule has 1 aromatic carbocycles. The van der Waals surface area contributed by atoms with E-state index in [9.17, 15) is 5.26 Å². The summed E-state index contributed by atoms with van der Waals surface area (Å²) in [5.74, 6) is 2.27. The molecule has 0 radical (unpaired) electrons. The lowest BCUT2D eigenvalue weighted by Gasteiger charge is -2.12. The molecule has 7 nitrogen and oxygen atoms in total. The van der Waals surface area contributed by atoms with Crippen molar-refractivity contribution < 1.29 is 18.9 Å². The van der Waals surface area contributed by atoms with Crippen molar-refractivity contribution in [1.29, 1.82) is 5.26 Å². The molecule has 0 saturated carbocycles. The van der Waals surface area contributed by atoms with Crippen molar-refractivity contribution in [3.05, 3.63) is 30.0 Å². The maximum Gasteiger partial charge on any atom is 0.231 e. The Balaban J connectivity index is 1.86. The Kier molecular flexibility index (Phi) is 4.26. The smallest absolute Gasteiger partial charge is 0.231 e. The number of rotatable bonds is 6. The van der Waals surface area contributed by atoms with Crippen molar-refractivity contribution in [2.75, 3.05) is 25.7 Å². The van der Waals surface area contributed by atoms with Crippen LogP contribution in [-0.4, -0.2) is 24.6 Å². The molecule has 2 heterocycles. The van der Waals surface area contributed by atoms with E-state index >= 15 is 0 Å². The highest BCUT2D eigenvalue weighted by molar-refractivity contribution is 5.57. The predicted octanol–water partition coefficient (Wildman–Crippen LogP) is 2.50. The van der Waals surface area contributed by atoms with Crippen molar-refractivity contribution in [1.82, 2.24) is 4.57 Å². The average Bonchev–Trinajstić information content (AvgIpc) is 3.13. The molecular weight excluding hydrogens is 298 g/mol. The van der Waals surface area contributed by atoms with E-state index in [0.717, 1.165) is 0 Å². The first-order valence-corrected chi connectivity index (χ1v) is 7.27. The van der Waals surface area contributed by atoms with E-state index in [0.29, 0.717) is 54.3 Å². The summed E-state index contributed by atoms with van der Waals surface area (Å²) < 4.78 is 23.5. The average molecular weight is 315 g/mol. The number of hydrogen-bond acceptors (Lipinski definition) is 6. The Morgan fingerprint density at radius 2 is 2.13 bits per heavy atom. The quantitative estimate of drug-likeness (QED) is 0.823. The summed E-state index contributed by atoms with van der Waals surface area (Å²) in [5.41, 5.74) is 6.82. The van der Waals surface area contributed by atoms with Gasteiger partial charge in [-0.2, -0.15) is 5.26 Å². The van der Waals surface area contributed by atoms with Crippen molar-refractivity contribution in [2.24, 2.45) is 0 Å². The van der Waals surface area contributed by atoms with Crippen LogP contribution in [0.25, 0.3) is 0 Å². The van der Waals surface area contributed by atoms with E-state index in [1.165, 1.54) is 0 Å². The molecule has 7 heteroatoms. The van der Waals surface area contributed by atoms with Gasteiger partial charge in [-0.25, -0.2) is 0 Å². The van der Waals surface area contributed by atoms with Crippen LogP contribution in [0.4, 0.5) is 5.69 Å². The zero-order valence-electron chi connectivity index (χ0n) is 12.7. The third-order valence-corrected chi connectivity index (χ3v) is 3.41. The lowest BCUT2D eigenvalue weighted by molar-refractivity contribution is 0.137. The van der Waals surface area contributed by atoms with E-state index in [4.69, 9.17) is 24.7 Å². The van der Waals surface area contributed by atoms with Crippen LogP contribution in [0.15, 0.2) is 24.3 Å². The zero-order chi connectivity index (χ0) is 16.2. The zero-order valence-corrected chi connectivity index (χ0v) is 12.7. The van der Waals surface area contributed by atoms with Gasteiger partial charge in [0.15, 0.2) is 11.5 Å². The molecule has 0 saturated heterocycles. The first-order chi connectivity index (χ1) is 11.2. The van der Waals surface area contributed by atoms with Gasteiger partial charge in [0, 0.05) is 18.7 Å². The van der Waals surface area contributed by atoms with Gasteiger partial charge in [-0.05, 0) is 19.1 Å². The molecule has 2 N–H and O–H groups in total. The molecule has 0 fully saturated rings. The first kappa shape index (κ1) is 15.1. The molecule has 23 heavy (non-hydrogen) atoms. The molecule has 1 aliphatic heterocycles. The summed E-state index contributed by atoms with van der Waals surface area (Å²) >= 11 is 0. The molecule has 2 aromatic rings. The molecule has 3 rings (SSSR count). The number of aromatic nitrogens is 1. The second kappa shape index (κ2) is 6.50. The first-order valence-electron chi connectivity index (χ1n) is 7.27. The van der Waals surface area contributed by atoms with E-state index < -0.39 is 0 Å². The summed E-state index contributed by atoms with van der Waals surface area (Å²) in [6, 6.07) is 8.97. The van der Waals surface area contributed by atoms with Crippen LogP contribution in [0.5, 0.6) is 23.1 Å². The minimum absolute atomic E-state index is 0.199. The Hall–Kier alpha value is -2.85. The number of benzene rings is 1. The highest BCUT2D eigenvalue weighted by Gasteiger charge is 2.18. The lowest BCUT2D eigenvalue weighted by Crippen LogP contribution is -2.09. The molecule has 1 aromatic heterocycles. The number of anilines is 1. The van der Waals surface area contributed by atoms with Gasteiger partial charge in [0.1, 0.15) is 17.5 Å². The molecule has 120 valence electrons. The van der Waals surface area contributed by atoms with E-state index in [1.54, 1.807) is 28.8 Å². The molecule has 0 bridgehead atoms. The normalized spacial score (nSPS) is 12.2. The van der Waals surface area contributed by atoms with Crippen LogP contribution < -0.4 is 19.9 Å². The van der Waals surface area contributed by atoms with Crippen molar-refractivity contribution in [3.8, 4) is 29.2 Å². The van der Waals surface area contributed by atoms with Gasteiger partial charge in [-0.15, -0.1) is 0 Å². The molecule has 0 aliphatic carbocycles. The highest BCUT2D eigenvalue weighted by atomic mass is 16.7. The number of fused-ring (bicyclic) bond motifs is 1. The molecule has 0 atom stereocenters. The fourth-order valence-corrected chi connectivity index (χ4v) is 2.33. The SMILES string of the molecule is CCOCCn1c(C#N)cc(N)c1Oc1ccc2c(c1)OCO2. The molecule has 0 spiro atoms. The number of nitrogen functional groups attached to an aromatic ring is 1. The Bertz CT molecular complexity index is 749. The number of hydrogen-bond donors (Lipinski definition) is 1. The minimum Gasteiger partial charge on any atom is -0.454 e. The van der Waals surface area contributed by atoms with Gasteiger partial charge in [0.05, 0.1) is 18.8 Å². The molecule has 0 unspecified atom stereocenters. The maximum absolute atomic E-state index is 9.25. The third kappa shape index (κ3) is 3.03. The number of nitrogens with two attached hydrogens (primary N) is 1. The van der Waals surface area contributed by atoms with Gasteiger partial charge < -0.3 is 24.7 Å². The van der Waals surface area contributed by atoms with Gasteiger partial charge >= 0.3 is 0 Å². The standard InChI is InChI=1S/C16H17N3O4/c1-2-20-6-5-19-11(9-17)7-13(18)16(19)23-12-3-4-14-15(8-12)22-10-21-14/h3-4,7-8H,2,5-6,10,18H2,1H3. The summed E-state index contributed by atoms with van der Waals surface area (Å²) in [4.78, 5) is 0. The number of nitriles is 1. The van der Waals surface area contributed by atoms with Crippen molar-refractivity contribution in [3.63, 3.8) is 0 Å². The topological polar surface area (TPSA) is 91.7 Å². The van der Waals surface area contributed by atoms with Gasteiger partial charge in [0.2, 0.25) is 12.7 Å². The fraction of sp³-hybridized carbons (Fsp3) is 0.312. The van der Waals surface area contributed by atoms with Gasteiger partial charge in [-0.3, -0.25) is 4.57 Å². The highest BCUT2D eigenvalue weighted by Crippen LogP contribution is 2.38. The second-order valence-corrected chi connectivity index (χ2v) is 4.87. The van der Waals surface area contributed by atoms with Crippen LogP contribution >= 0.6 is 0 Å². The lowest BCUT2D eigenvalue weighted by atomic mass is 10.3. The van der Waals surface area contributed by atoms with Crippen LogP contribution in [0.3, 0.4) is 0 Å². The monoisotopic (exact) mass is 315 g/mol. The Morgan fingerprint density at radius 3 is 2.91 bits per heavy atom. The number of ether oxygens (including phenoxy) is 4. The van der Waals surface area contributed by atoms with E-state index in [-0.39, 0.29) is 6.79 Å². The molecule has 0 amide bonds. The summed E-state index contributed by atoms with van der Waals surface area (Å²) in [7, 11) is 0. The Labute approximate surface area is 133 Å². The third-order valence-electron chi connectivity index (χ3n) is 3.41. The van der Waals surface area contributed by atoms with Gasteiger partial charge in [-0.1, -0.05) is 0 Å². The van der Waals surface area contributed by atoms with Crippen molar-refractivity contribution in [2.45, 2.75) is 13.5 Å². The van der Waals surface area contributed by atoms with Crippen molar-refractivity contribution >= 4 is 5.69 Å². The van der Waals surface area contributed by atoms with E-state index in [1.807, 2.05) is 6.92 Å². The predicted molar refractivity (Wildman–Crippen MR) is 82.7 cm³/mol. The fourth-order valence-electron chi connectivity index (χ4n) is 2.33. The van der Waals surface area contributed by atoms with Gasteiger partial charge in [0.25, 0.3) is 0 Å². The summed E-state index contributed by atoms with van der Waals surface area (Å²) in [6.07, 6.45) is 0. The van der Waals surface area contributed by atoms with Crippen LogP contribution in [0.1, 0.15) is 12.6 Å². The minimum atomic E-state index is 0.199. The van der Waals surface area contributed by atoms with Crippen LogP contribution in [-0.2, 0) is 11.3 Å². The second-order valence-electron chi connectivity index (χ2n) is 4.87. The number of nitrogens with zero attached hydrogens (tertiary/aromatic N) is 2. The van der Waals surface area contributed by atoms with Crippen LogP contribution in [0.2, 0.25) is 0 Å². The maximum atomic E-state index is 9.25.